The Morgan fingerprint density at radius 3 is 2.67 bits per heavy atom. The summed E-state index contributed by atoms with van der Waals surface area (Å²) in [6, 6.07) is 0. The van der Waals surface area contributed by atoms with Crippen LogP contribution in [-0.4, -0.2) is 21.6 Å². The van der Waals surface area contributed by atoms with Crippen molar-refractivity contribution in [2.75, 3.05) is 17.7 Å². The second kappa shape index (κ2) is 6.05. The van der Waals surface area contributed by atoms with Gasteiger partial charge in [0, 0.05) is 19.4 Å². The third kappa shape index (κ3) is 2.91. The van der Waals surface area contributed by atoms with Gasteiger partial charge in [-0.15, -0.1) is 0 Å². The maximum absolute atomic E-state index is 6.10. The number of thioether (sulfide) groups is 1. The van der Waals surface area contributed by atoms with Gasteiger partial charge in [-0.3, -0.25) is 0 Å². The van der Waals surface area contributed by atoms with Gasteiger partial charge < -0.3 is 10.3 Å². The molecule has 15 heavy (non-hydrogen) atoms. The normalized spacial score (nSPS) is 10.9. The fourth-order valence-corrected chi connectivity index (χ4v) is 2.09. The van der Waals surface area contributed by atoms with Crippen LogP contribution in [0.15, 0.2) is 0 Å². The van der Waals surface area contributed by atoms with Crippen LogP contribution in [0.5, 0.6) is 0 Å². The summed E-state index contributed by atoms with van der Waals surface area (Å²) in [6.07, 6.45) is 5.16. The SMILES string of the molecule is CCCn1c(CC)nc(CCSC)c1N. The first kappa shape index (κ1) is 12.4. The Labute approximate surface area is 96.5 Å². The molecule has 3 nitrogen and oxygen atoms in total. The molecular weight excluding hydrogens is 206 g/mol. The van der Waals surface area contributed by atoms with Crippen LogP contribution in [0.1, 0.15) is 31.8 Å². The number of aromatic nitrogens is 2. The van der Waals surface area contributed by atoms with Gasteiger partial charge in [0.25, 0.3) is 0 Å². The van der Waals surface area contributed by atoms with Crippen LogP contribution in [0.2, 0.25) is 0 Å². The van der Waals surface area contributed by atoms with E-state index in [1.807, 2.05) is 11.8 Å². The first-order chi connectivity index (χ1) is 7.24. The Balaban J connectivity index is 2.88. The Hall–Kier alpha value is -0.640. The van der Waals surface area contributed by atoms with E-state index in [2.05, 4.69) is 29.7 Å². The molecule has 0 atom stereocenters. The monoisotopic (exact) mass is 227 g/mol. The molecule has 1 aromatic rings. The molecule has 4 heteroatoms. The minimum absolute atomic E-state index is 0.878. The number of nitrogens with zero attached hydrogens (tertiary/aromatic N) is 2. The number of hydrogen-bond donors (Lipinski definition) is 1. The molecule has 1 rings (SSSR count). The van der Waals surface area contributed by atoms with Crippen LogP contribution in [0.3, 0.4) is 0 Å². The molecule has 2 N–H and O–H groups in total. The summed E-state index contributed by atoms with van der Waals surface area (Å²) in [5.41, 5.74) is 7.18. The molecule has 0 fully saturated rings. The number of nitrogen functional groups attached to an aromatic ring is 1. The third-order valence-electron chi connectivity index (χ3n) is 2.47. The molecule has 0 aliphatic heterocycles. The lowest BCUT2D eigenvalue weighted by Gasteiger charge is -2.06. The van der Waals surface area contributed by atoms with Crippen molar-refractivity contribution in [3.63, 3.8) is 0 Å². The number of rotatable bonds is 6. The van der Waals surface area contributed by atoms with Crippen molar-refractivity contribution < 1.29 is 0 Å². The first-order valence-corrected chi connectivity index (χ1v) is 6.96. The van der Waals surface area contributed by atoms with Gasteiger partial charge in [0.2, 0.25) is 0 Å². The summed E-state index contributed by atoms with van der Waals surface area (Å²) < 4.78 is 2.16. The number of nitrogens with two attached hydrogens (primary N) is 1. The highest BCUT2D eigenvalue weighted by molar-refractivity contribution is 7.98. The van der Waals surface area contributed by atoms with E-state index in [-0.39, 0.29) is 0 Å². The molecule has 1 aromatic heterocycles. The van der Waals surface area contributed by atoms with Crippen LogP contribution >= 0.6 is 11.8 Å². The van der Waals surface area contributed by atoms with Gasteiger partial charge in [0.15, 0.2) is 0 Å². The summed E-state index contributed by atoms with van der Waals surface area (Å²) in [5.74, 6) is 3.10. The zero-order valence-electron chi connectivity index (χ0n) is 9.92. The average molecular weight is 227 g/mol. The molecule has 0 bridgehead atoms. The highest BCUT2D eigenvalue weighted by atomic mass is 32.2. The first-order valence-electron chi connectivity index (χ1n) is 5.57. The van der Waals surface area contributed by atoms with Gasteiger partial charge in [-0.05, 0) is 18.4 Å². The quantitative estimate of drug-likeness (QED) is 0.811. The predicted octanol–water partition coefficient (Wildman–Crippen LogP) is 2.34. The van der Waals surface area contributed by atoms with Gasteiger partial charge in [-0.2, -0.15) is 11.8 Å². The van der Waals surface area contributed by atoms with Crippen molar-refractivity contribution in [2.24, 2.45) is 0 Å². The van der Waals surface area contributed by atoms with E-state index in [0.29, 0.717) is 0 Å². The van der Waals surface area contributed by atoms with Crippen LogP contribution < -0.4 is 5.73 Å². The van der Waals surface area contributed by atoms with Crippen molar-refractivity contribution in [3.05, 3.63) is 11.5 Å². The van der Waals surface area contributed by atoms with E-state index in [0.717, 1.165) is 48.9 Å². The van der Waals surface area contributed by atoms with Gasteiger partial charge in [0.1, 0.15) is 11.6 Å². The second-order valence-corrected chi connectivity index (χ2v) is 4.59. The fourth-order valence-electron chi connectivity index (χ4n) is 1.69. The van der Waals surface area contributed by atoms with Crippen molar-refractivity contribution in [1.29, 1.82) is 0 Å². The number of aryl methyl sites for hydroxylation is 2. The van der Waals surface area contributed by atoms with Crippen molar-refractivity contribution in [3.8, 4) is 0 Å². The molecule has 0 aromatic carbocycles. The zero-order valence-corrected chi connectivity index (χ0v) is 10.7. The summed E-state index contributed by atoms with van der Waals surface area (Å²) in [5, 5.41) is 0. The van der Waals surface area contributed by atoms with Crippen molar-refractivity contribution >= 4 is 17.6 Å². The smallest absolute Gasteiger partial charge is 0.126 e. The lowest BCUT2D eigenvalue weighted by molar-refractivity contribution is 0.650. The van der Waals surface area contributed by atoms with Gasteiger partial charge in [0.05, 0.1) is 5.69 Å². The van der Waals surface area contributed by atoms with Crippen LogP contribution in [0, 0.1) is 0 Å². The van der Waals surface area contributed by atoms with Crippen LogP contribution in [-0.2, 0) is 19.4 Å². The van der Waals surface area contributed by atoms with E-state index in [4.69, 9.17) is 5.73 Å². The summed E-state index contributed by atoms with van der Waals surface area (Å²) in [6.45, 7) is 5.29. The molecule has 0 saturated heterocycles. The third-order valence-corrected chi connectivity index (χ3v) is 3.08. The Morgan fingerprint density at radius 1 is 1.40 bits per heavy atom. The molecule has 86 valence electrons. The van der Waals surface area contributed by atoms with E-state index in [1.165, 1.54) is 0 Å². The number of imidazole rings is 1. The minimum Gasteiger partial charge on any atom is -0.384 e. The Bertz CT molecular complexity index is 307. The standard InChI is InChI=1S/C11H21N3S/c1-4-7-14-10(5-2)13-9(11(14)12)6-8-15-3/h4-8,12H2,1-3H3. The van der Waals surface area contributed by atoms with Crippen molar-refractivity contribution in [1.82, 2.24) is 9.55 Å². The Morgan fingerprint density at radius 2 is 2.13 bits per heavy atom. The number of hydrogen-bond acceptors (Lipinski definition) is 3. The number of anilines is 1. The molecule has 0 spiro atoms. The maximum Gasteiger partial charge on any atom is 0.126 e. The van der Waals surface area contributed by atoms with Crippen LogP contribution in [0.4, 0.5) is 5.82 Å². The molecular formula is C11H21N3S. The molecule has 0 aliphatic rings. The predicted molar refractivity (Wildman–Crippen MR) is 68.4 cm³/mol. The van der Waals surface area contributed by atoms with Crippen LogP contribution in [0.25, 0.3) is 0 Å². The Kier molecular flexibility index (Phi) is 5.02. The van der Waals surface area contributed by atoms with Gasteiger partial charge >= 0.3 is 0 Å². The largest absolute Gasteiger partial charge is 0.384 e. The fraction of sp³-hybridized carbons (Fsp3) is 0.727. The molecule has 0 aliphatic carbocycles. The highest BCUT2D eigenvalue weighted by Crippen LogP contribution is 2.17. The molecule has 0 radical (unpaired) electrons. The molecule has 0 amide bonds. The van der Waals surface area contributed by atoms with Gasteiger partial charge in [-0.1, -0.05) is 13.8 Å². The second-order valence-electron chi connectivity index (χ2n) is 3.61. The van der Waals surface area contributed by atoms with E-state index < -0.39 is 0 Å². The lowest BCUT2D eigenvalue weighted by Crippen LogP contribution is -2.06. The summed E-state index contributed by atoms with van der Waals surface area (Å²) in [7, 11) is 0. The molecule has 0 unspecified atom stereocenters. The summed E-state index contributed by atoms with van der Waals surface area (Å²) in [4.78, 5) is 4.61. The molecule has 0 saturated carbocycles. The minimum atomic E-state index is 0.878. The molecule has 1 heterocycles. The maximum atomic E-state index is 6.10. The lowest BCUT2D eigenvalue weighted by atomic mass is 10.3. The highest BCUT2D eigenvalue weighted by Gasteiger charge is 2.11. The summed E-state index contributed by atoms with van der Waals surface area (Å²) >= 11 is 1.84. The van der Waals surface area contributed by atoms with E-state index in [1.54, 1.807) is 0 Å². The van der Waals surface area contributed by atoms with E-state index in [9.17, 15) is 0 Å². The van der Waals surface area contributed by atoms with E-state index >= 15 is 0 Å². The van der Waals surface area contributed by atoms with Gasteiger partial charge in [-0.25, -0.2) is 4.98 Å². The topological polar surface area (TPSA) is 43.8 Å². The van der Waals surface area contributed by atoms with Crippen molar-refractivity contribution in [2.45, 2.75) is 39.7 Å². The zero-order chi connectivity index (χ0) is 11.3. The average Bonchev–Trinajstić information content (AvgIpc) is 2.54.